The minimum atomic E-state index is -0.467. The summed E-state index contributed by atoms with van der Waals surface area (Å²) in [6, 6.07) is 89.6. The summed E-state index contributed by atoms with van der Waals surface area (Å²) >= 11 is 0. The Morgan fingerprint density at radius 2 is 0.810 bits per heavy atom. The molecule has 0 fully saturated rings. The summed E-state index contributed by atoms with van der Waals surface area (Å²) in [5, 5.41) is 2.50. The first-order valence-corrected chi connectivity index (χ1v) is 21.8. The fourth-order valence-corrected chi connectivity index (χ4v) is 11.0. The lowest BCUT2D eigenvalue weighted by Crippen LogP contribution is -2.26. The van der Waals surface area contributed by atoms with Gasteiger partial charge in [-0.15, -0.1) is 0 Å². The van der Waals surface area contributed by atoms with Gasteiger partial charge < -0.3 is 9.47 Å². The van der Waals surface area contributed by atoms with Crippen LogP contribution in [0.4, 0.5) is 17.1 Å². The summed E-state index contributed by atoms with van der Waals surface area (Å²) in [7, 11) is 0. The zero-order valence-electron chi connectivity index (χ0n) is 34.5. The number of nitrogens with zero attached hydrogens (tertiary/aromatic N) is 2. The van der Waals surface area contributed by atoms with Crippen molar-refractivity contribution >= 4 is 38.9 Å². The molecule has 294 valence electrons. The van der Waals surface area contributed by atoms with Gasteiger partial charge in [-0.25, -0.2) is 0 Å². The summed E-state index contributed by atoms with van der Waals surface area (Å²) in [5.74, 6) is 0. The Kier molecular flexibility index (Phi) is 7.85. The van der Waals surface area contributed by atoms with Gasteiger partial charge in [0, 0.05) is 33.4 Å². The van der Waals surface area contributed by atoms with Crippen LogP contribution in [0.3, 0.4) is 0 Å². The van der Waals surface area contributed by atoms with Gasteiger partial charge in [-0.05, 0) is 116 Å². The van der Waals surface area contributed by atoms with E-state index in [0.717, 1.165) is 33.9 Å². The molecule has 0 amide bonds. The van der Waals surface area contributed by atoms with Crippen LogP contribution in [-0.2, 0) is 5.41 Å². The summed E-state index contributed by atoms with van der Waals surface area (Å²) in [6.07, 6.45) is 0. The molecule has 13 rings (SSSR count). The second-order valence-electron chi connectivity index (χ2n) is 16.8. The van der Waals surface area contributed by atoms with Crippen LogP contribution >= 0.6 is 0 Å². The molecule has 0 aliphatic heterocycles. The molecular weight excluding hydrogens is 761 g/mol. The van der Waals surface area contributed by atoms with E-state index in [9.17, 15) is 0 Å². The van der Waals surface area contributed by atoms with E-state index < -0.39 is 5.41 Å². The molecule has 11 aromatic rings. The maximum absolute atomic E-state index is 2.50. The van der Waals surface area contributed by atoms with Crippen molar-refractivity contribution in [2.24, 2.45) is 0 Å². The van der Waals surface area contributed by atoms with Crippen LogP contribution in [0.15, 0.2) is 243 Å². The standard InChI is InChI=1S/C61H40N2/c1-3-18-41(19-4-1)43-34-37-60(53(38-43)42-20-5-2-6-21-42)62(44-22-17-23-45(39-44)63-58-32-15-10-27-51(58)52-28-11-16-33-59(52)63)46-35-36-50-49-26-9-14-31-56(49)61(57(50)40-46)54-29-12-7-24-47(54)48-25-8-13-30-55(48)61/h1-40H. The average Bonchev–Trinajstić information content (AvgIpc) is 3.97. The first-order valence-electron chi connectivity index (χ1n) is 21.8. The second kappa shape index (κ2) is 13.9. The lowest BCUT2D eigenvalue weighted by Gasteiger charge is -2.33. The van der Waals surface area contributed by atoms with Gasteiger partial charge in [0.2, 0.25) is 0 Å². The first-order chi connectivity index (χ1) is 31.3. The van der Waals surface area contributed by atoms with Crippen LogP contribution in [0.25, 0.3) is 72.0 Å². The van der Waals surface area contributed by atoms with Crippen molar-refractivity contribution in [2.75, 3.05) is 4.90 Å². The molecule has 2 aliphatic carbocycles. The van der Waals surface area contributed by atoms with E-state index in [4.69, 9.17) is 0 Å². The maximum Gasteiger partial charge on any atom is 0.0726 e. The van der Waals surface area contributed by atoms with Gasteiger partial charge in [0.1, 0.15) is 0 Å². The molecule has 0 saturated heterocycles. The maximum atomic E-state index is 2.50. The van der Waals surface area contributed by atoms with Crippen LogP contribution in [0.1, 0.15) is 22.3 Å². The van der Waals surface area contributed by atoms with E-state index in [1.54, 1.807) is 0 Å². The van der Waals surface area contributed by atoms with E-state index in [0.29, 0.717) is 0 Å². The molecule has 10 aromatic carbocycles. The normalized spacial score (nSPS) is 12.9. The third kappa shape index (κ3) is 5.19. The van der Waals surface area contributed by atoms with E-state index in [-0.39, 0.29) is 0 Å². The number of benzene rings is 10. The van der Waals surface area contributed by atoms with Gasteiger partial charge in [-0.3, -0.25) is 0 Å². The zero-order chi connectivity index (χ0) is 41.5. The Morgan fingerprint density at radius 3 is 1.43 bits per heavy atom. The number of hydrogen-bond acceptors (Lipinski definition) is 1. The van der Waals surface area contributed by atoms with Crippen molar-refractivity contribution in [2.45, 2.75) is 5.41 Å². The first kappa shape index (κ1) is 35.5. The summed E-state index contributed by atoms with van der Waals surface area (Å²) < 4.78 is 2.42. The van der Waals surface area contributed by atoms with Crippen LogP contribution in [0, 0.1) is 0 Å². The SMILES string of the molecule is c1ccc(-c2ccc(N(c3cccc(-n4c5ccccc5c5ccccc54)c3)c3ccc4c(c3)C3(c5ccccc5-c5ccccc53)c3ccccc3-4)c(-c3ccccc3)c2)cc1. The van der Waals surface area contributed by atoms with Gasteiger partial charge >= 0.3 is 0 Å². The molecule has 1 heterocycles. The molecule has 0 radical (unpaired) electrons. The van der Waals surface area contributed by atoms with Crippen LogP contribution in [0.2, 0.25) is 0 Å². The highest BCUT2D eigenvalue weighted by Crippen LogP contribution is 2.63. The highest BCUT2D eigenvalue weighted by atomic mass is 15.1. The highest BCUT2D eigenvalue weighted by molar-refractivity contribution is 6.09. The van der Waals surface area contributed by atoms with Crippen LogP contribution in [0.5, 0.6) is 0 Å². The molecule has 2 nitrogen and oxygen atoms in total. The van der Waals surface area contributed by atoms with E-state index >= 15 is 0 Å². The minimum absolute atomic E-state index is 0.467. The van der Waals surface area contributed by atoms with Crippen LogP contribution in [-0.4, -0.2) is 4.57 Å². The Bertz CT molecular complexity index is 3460. The molecule has 0 saturated carbocycles. The summed E-state index contributed by atoms with van der Waals surface area (Å²) in [4.78, 5) is 2.50. The fraction of sp³-hybridized carbons (Fsp3) is 0.0164. The lowest BCUT2D eigenvalue weighted by molar-refractivity contribution is 0.793. The average molecular weight is 801 g/mol. The van der Waals surface area contributed by atoms with Crippen molar-refractivity contribution < 1.29 is 0 Å². The van der Waals surface area contributed by atoms with Gasteiger partial charge in [-0.1, -0.05) is 188 Å². The van der Waals surface area contributed by atoms with E-state index in [2.05, 4.69) is 252 Å². The molecule has 1 spiro atoms. The zero-order valence-corrected chi connectivity index (χ0v) is 34.5. The molecule has 0 atom stereocenters. The van der Waals surface area contributed by atoms with Crippen molar-refractivity contribution in [1.29, 1.82) is 0 Å². The van der Waals surface area contributed by atoms with Crippen LogP contribution < -0.4 is 4.90 Å². The third-order valence-electron chi connectivity index (χ3n) is 13.6. The molecule has 63 heavy (non-hydrogen) atoms. The van der Waals surface area contributed by atoms with E-state index in [1.807, 2.05) is 0 Å². The van der Waals surface area contributed by atoms with Gasteiger partial charge in [0.25, 0.3) is 0 Å². The smallest absolute Gasteiger partial charge is 0.0726 e. The van der Waals surface area contributed by atoms with Crippen molar-refractivity contribution in [3.8, 4) is 50.2 Å². The predicted octanol–water partition coefficient (Wildman–Crippen LogP) is 15.9. The monoisotopic (exact) mass is 800 g/mol. The minimum Gasteiger partial charge on any atom is -0.310 e. The Balaban J connectivity index is 1.10. The fourth-order valence-electron chi connectivity index (χ4n) is 11.0. The summed E-state index contributed by atoms with van der Waals surface area (Å²) in [5.41, 5.74) is 21.5. The Hall–Kier alpha value is -8.20. The number of anilines is 3. The summed E-state index contributed by atoms with van der Waals surface area (Å²) in [6.45, 7) is 0. The molecule has 0 bridgehead atoms. The van der Waals surface area contributed by atoms with Crippen molar-refractivity contribution in [3.05, 3.63) is 265 Å². The predicted molar refractivity (Wildman–Crippen MR) is 263 cm³/mol. The number of fused-ring (bicyclic) bond motifs is 13. The molecule has 2 aliphatic rings. The quantitative estimate of drug-likeness (QED) is 0.163. The second-order valence-corrected chi connectivity index (χ2v) is 16.8. The molecular formula is C61H40N2. The number of aromatic nitrogens is 1. The number of rotatable bonds is 6. The van der Waals surface area contributed by atoms with Crippen molar-refractivity contribution in [1.82, 2.24) is 4.57 Å². The van der Waals surface area contributed by atoms with E-state index in [1.165, 1.54) is 77.4 Å². The number of hydrogen-bond donors (Lipinski definition) is 0. The highest BCUT2D eigenvalue weighted by Gasteiger charge is 2.51. The molecule has 0 N–H and O–H groups in total. The van der Waals surface area contributed by atoms with Gasteiger partial charge in [0.15, 0.2) is 0 Å². The largest absolute Gasteiger partial charge is 0.310 e. The Morgan fingerprint density at radius 1 is 0.302 bits per heavy atom. The Labute approximate surface area is 367 Å². The lowest BCUT2D eigenvalue weighted by atomic mass is 9.70. The molecule has 1 aromatic heterocycles. The van der Waals surface area contributed by atoms with Gasteiger partial charge in [0.05, 0.1) is 22.1 Å². The third-order valence-corrected chi connectivity index (χ3v) is 13.6. The molecule has 0 unspecified atom stereocenters. The van der Waals surface area contributed by atoms with Crippen molar-refractivity contribution in [3.63, 3.8) is 0 Å². The number of para-hydroxylation sites is 2. The topological polar surface area (TPSA) is 8.17 Å². The molecule has 2 heteroatoms. The van der Waals surface area contributed by atoms with Gasteiger partial charge in [-0.2, -0.15) is 0 Å².